The van der Waals surface area contributed by atoms with E-state index in [4.69, 9.17) is 25.5 Å². The third-order valence-electron chi connectivity index (χ3n) is 2.79. The molecule has 1 saturated heterocycles. The van der Waals surface area contributed by atoms with E-state index in [0.29, 0.717) is 24.9 Å². The summed E-state index contributed by atoms with van der Waals surface area (Å²) in [7, 11) is 0. The van der Waals surface area contributed by atoms with Gasteiger partial charge in [0.25, 0.3) is 0 Å². The van der Waals surface area contributed by atoms with Gasteiger partial charge in [-0.2, -0.15) is 15.0 Å². The smallest absolute Gasteiger partial charge is 0.323 e. The molecule has 3 rings (SSSR count). The molecule has 7 nitrogen and oxygen atoms in total. The largest absolute Gasteiger partial charge is 0.466 e. The molecule has 0 unspecified atom stereocenters. The van der Waals surface area contributed by atoms with Gasteiger partial charge in [0.2, 0.25) is 11.2 Å². The van der Waals surface area contributed by atoms with Crippen LogP contribution in [0.4, 0.5) is 5.95 Å². The van der Waals surface area contributed by atoms with Gasteiger partial charge in [-0.3, -0.25) is 0 Å². The number of hydrogen-bond donors (Lipinski definition) is 0. The summed E-state index contributed by atoms with van der Waals surface area (Å²) in [5, 5.41) is 0.107. The van der Waals surface area contributed by atoms with Gasteiger partial charge in [-0.1, -0.05) is 0 Å². The maximum absolute atomic E-state index is 5.91. The van der Waals surface area contributed by atoms with Gasteiger partial charge < -0.3 is 18.8 Å². The molecular weight excluding hydrogens is 284 g/mol. The van der Waals surface area contributed by atoms with Gasteiger partial charge in [-0.05, 0) is 23.7 Å². The monoisotopic (exact) mass is 296 g/mol. The molecule has 3 heterocycles. The van der Waals surface area contributed by atoms with E-state index in [9.17, 15) is 0 Å². The van der Waals surface area contributed by atoms with Gasteiger partial charge in [0, 0.05) is 13.1 Å². The first-order valence-corrected chi connectivity index (χ1v) is 6.58. The summed E-state index contributed by atoms with van der Waals surface area (Å²) in [6.45, 7) is 2.98. The van der Waals surface area contributed by atoms with Crippen molar-refractivity contribution < 1.29 is 13.9 Å². The lowest BCUT2D eigenvalue weighted by atomic mass is 10.4. The highest BCUT2D eigenvalue weighted by atomic mass is 35.5. The first-order chi connectivity index (χ1) is 9.81. The number of halogens is 1. The number of furan rings is 1. The van der Waals surface area contributed by atoms with E-state index >= 15 is 0 Å². The summed E-state index contributed by atoms with van der Waals surface area (Å²) in [5.41, 5.74) is 0. The van der Waals surface area contributed by atoms with Crippen molar-refractivity contribution in [3.63, 3.8) is 0 Å². The van der Waals surface area contributed by atoms with E-state index in [-0.39, 0.29) is 17.9 Å². The first kappa shape index (κ1) is 13.1. The van der Waals surface area contributed by atoms with Gasteiger partial charge in [-0.15, -0.1) is 0 Å². The number of nitrogens with zero attached hydrogens (tertiary/aromatic N) is 4. The summed E-state index contributed by atoms with van der Waals surface area (Å²) in [5.74, 6) is 1.19. The second-order valence-corrected chi connectivity index (χ2v) is 4.49. The summed E-state index contributed by atoms with van der Waals surface area (Å²) < 4.78 is 15.9. The van der Waals surface area contributed by atoms with Crippen LogP contribution in [0.25, 0.3) is 0 Å². The SMILES string of the molecule is Clc1nc(OCc2ccco2)nc(N2CCOCC2)n1. The lowest BCUT2D eigenvalue weighted by Gasteiger charge is -2.26. The lowest BCUT2D eigenvalue weighted by Crippen LogP contribution is -2.37. The van der Waals surface area contributed by atoms with Crippen LogP contribution < -0.4 is 9.64 Å². The molecule has 0 radical (unpaired) electrons. The fourth-order valence-electron chi connectivity index (χ4n) is 1.82. The Bertz CT molecular complexity index is 558. The molecule has 1 aliphatic rings. The third kappa shape index (κ3) is 3.17. The average molecular weight is 297 g/mol. The van der Waals surface area contributed by atoms with Gasteiger partial charge in [-0.25, -0.2) is 0 Å². The predicted octanol–water partition coefficient (Wildman–Crippen LogP) is 1.53. The van der Waals surface area contributed by atoms with Crippen LogP contribution in [0.1, 0.15) is 5.76 Å². The van der Waals surface area contributed by atoms with Crippen LogP contribution >= 0.6 is 11.6 Å². The molecule has 106 valence electrons. The van der Waals surface area contributed by atoms with E-state index in [1.54, 1.807) is 12.3 Å². The van der Waals surface area contributed by atoms with Crippen molar-refractivity contribution in [3.8, 4) is 6.01 Å². The molecule has 0 amide bonds. The minimum atomic E-state index is 0.107. The second-order valence-electron chi connectivity index (χ2n) is 4.15. The molecule has 0 aromatic carbocycles. The molecule has 0 N–H and O–H groups in total. The summed E-state index contributed by atoms with van der Waals surface area (Å²) >= 11 is 5.91. The topological polar surface area (TPSA) is 73.5 Å². The fourth-order valence-corrected chi connectivity index (χ4v) is 1.97. The average Bonchev–Trinajstić information content (AvgIpc) is 2.99. The number of aromatic nitrogens is 3. The van der Waals surface area contributed by atoms with E-state index in [1.807, 2.05) is 11.0 Å². The van der Waals surface area contributed by atoms with Crippen LogP contribution in [0.15, 0.2) is 22.8 Å². The Morgan fingerprint density at radius 2 is 2.10 bits per heavy atom. The van der Waals surface area contributed by atoms with Crippen LogP contribution in [0.2, 0.25) is 5.28 Å². The number of anilines is 1. The predicted molar refractivity (Wildman–Crippen MR) is 70.9 cm³/mol. The van der Waals surface area contributed by atoms with E-state index in [2.05, 4.69) is 15.0 Å². The van der Waals surface area contributed by atoms with Crippen LogP contribution in [0, 0.1) is 0 Å². The van der Waals surface area contributed by atoms with Crippen LogP contribution in [-0.2, 0) is 11.3 Å². The Hall–Kier alpha value is -1.86. The van der Waals surface area contributed by atoms with E-state index < -0.39 is 0 Å². The maximum Gasteiger partial charge on any atom is 0.323 e. The van der Waals surface area contributed by atoms with E-state index in [0.717, 1.165) is 13.1 Å². The summed E-state index contributed by atoms with van der Waals surface area (Å²) in [6.07, 6.45) is 1.58. The highest BCUT2D eigenvalue weighted by Gasteiger charge is 2.16. The zero-order chi connectivity index (χ0) is 13.8. The fraction of sp³-hybridized carbons (Fsp3) is 0.417. The molecule has 2 aromatic rings. The third-order valence-corrected chi connectivity index (χ3v) is 2.96. The zero-order valence-corrected chi connectivity index (χ0v) is 11.4. The van der Waals surface area contributed by atoms with Crippen molar-refractivity contribution in [2.75, 3.05) is 31.2 Å². The van der Waals surface area contributed by atoms with Crippen molar-refractivity contribution >= 4 is 17.5 Å². The summed E-state index contributed by atoms with van der Waals surface area (Å²) in [4.78, 5) is 14.3. The first-order valence-electron chi connectivity index (χ1n) is 6.21. The molecule has 1 aliphatic heterocycles. The Morgan fingerprint density at radius 3 is 2.85 bits per heavy atom. The zero-order valence-electron chi connectivity index (χ0n) is 10.7. The maximum atomic E-state index is 5.91. The molecule has 0 aliphatic carbocycles. The van der Waals surface area contributed by atoms with E-state index in [1.165, 1.54) is 0 Å². The van der Waals surface area contributed by atoms with Crippen molar-refractivity contribution in [1.29, 1.82) is 0 Å². The molecular formula is C12H13ClN4O3. The minimum absolute atomic E-state index is 0.107. The molecule has 0 bridgehead atoms. The van der Waals surface area contributed by atoms with Crippen molar-refractivity contribution in [1.82, 2.24) is 15.0 Å². The van der Waals surface area contributed by atoms with Gasteiger partial charge in [0.15, 0.2) is 0 Å². The Kier molecular flexibility index (Phi) is 3.98. The molecule has 1 fully saturated rings. The van der Waals surface area contributed by atoms with Crippen molar-refractivity contribution in [2.45, 2.75) is 6.61 Å². The normalized spacial score (nSPS) is 15.3. The number of morpholine rings is 1. The second kappa shape index (κ2) is 6.06. The highest BCUT2D eigenvalue weighted by molar-refractivity contribution is 6.28. The number of hydrogen-bond acceptors (Lipinski definition) is 7. The van der Waals surface area contributed by atoms with Gasteiger partial charge in [0.1, 0.15) is 12.4 Å². The quantitative estimate of drug-likeness (QED) is 0.847. The van der Waals surface area contributed by atoms with Crippen LogP contribution in [0.3, 0.4) is 0 Å². The highest BCUT2D eigenvalue weighted by Crippen LogP contribution is 2.17. The summed E-state index contributed by atoms with van der Waals surface area (Å²) in [6, 6.07) is 3.78. The molecule has 8 heteroatoms. The standard InChI is InChI=1S/C12H13ClN4O3/c13-10-14-11(17-3-6-18-7-4-17)16-12(15-10)20-8-9-2-1-5-19-9/h1-2,5H,3-4,6-8H2. The molecule has 0 spiro atoms. The lowest BCUT2D eigenvalue weighted by molar-refractivity contribution is 0.122. The number of rotatable bonds is 4. The molecule has 0 atom stereocenters. The van der Waals surface area contributed by atoms with Crippen LogP contribution in [-0.4, -0.2) is 41.3 Å². The molecule has 2 aromatic heterocycles. The van der Waals surface area contributed by atoms with Crippen LogP contribution in [0.5, 0.6) is 6.01 Å². The van der Waals surface area contributed by atoms with Gasteiger partial charge >= 0.3 is 6.01 Å². The van der Waals surface area contributed by atoms with Gasteiger partial charge in [0.05, 0.1) is 19.5 Å². The molecule has 20 heavy (non-hydrogen) atoms. The Labute approximate surface area is 120 Å². The Morgan fingerprint density at radius 1 is 1.25 bits per heavy atom. The Balaban J connectivity index is 1.72. The molecule has 0 saturated carbocycles. The number of ether oxygens (including phenoxy) is 2. The van der Waals surface area contributed by atoms with Crippen molar-refractivity contribution in [3.05, 3.63) is 29.4 Å². The minimum Gasteiger partial charge on any atom is -0.466 e. The van der Waals surface area contributed by atoms with Crippen molar-refractivity contribution in [2.24, 2.45) is 0 Å².